The fourth-order valence-corrected chi connectivity index (χ4v) is 4.37. The first-order valence-electron chi connectivity index (χ1n) is 11.4. The van der Waals surface area contributed by atoms with Crippen LogP contribution in [-0.4, -0.2) is 25.9 Å². The second-order valence-corrected chi connectivity index (χ2v) is 8.90. The summed E-state index contributed by atoms with van der Waals surface area (Å²) in [6, 6.07) is 15.4. The summed E-state index contributed by atoms with van der Waals surface area (Å²) in [7, 11) is 1.74. The van der Waals surface area contributed by atoms with E-state index in [-0.39, 0.29) is 6.04 Å². The lowest BCUT2D eigenvalue weighted by atomic mass is 9.78. The Morgan fingerprint density at radius 1 is 1.16 bits per heavy atom. The summed E-state index contributed by atoms with van der Waals surface area (Å²) in [5.41, 5.74) is 11.7. The number of aliphatic imine (C=N–C) groups is 1. The molecule has 166 valence electrons. The number of anilines is 1. The maximum absolute atomic E-state index is 5.84. The molecule has 0 saturated heterocycles. The highest BCUT2D eigenvalue weighted by Crippen LogP contribution is 2.37. The predicted molar refractivity (Wildman–Crippen MR) is 133 cm³/mol. The molecule has 2 aromatic rings. The highest BCUT2D eigenvalue weighted by molar-refractivity contribution is 6.09. The minimum atomic E-state index is 0.258. The van der Waals surface area contributed by atoms with Crippen LogP contribution in [0, 0.1) is 12.8 Å². The van der Waals surface area contributed by atoms with E-state index in [0.717, 1.165) is 29.1 Å². The Labute approximate surface area is 187 Å². The van der Waals surface area contributed by atoms with Crippen molar-refractivity contribution in [2.45, 2.75) is 58.4 Å². The normalized spacial score (nSPS) is 19.7. The summed E-state index contributed by atoms with van der Waals surface area (Å²) in [5, 5.41) is 3.65. The summed E-state index contributed by atoms with van der Waals surface area (Å²) < 4.78 is 5.41. The van der Waals surface area contributed by atoms with Gasteiger partial charge in [0.1, 0.15) is 5.75 Å². The molecule has 0 aromatic heterocycles. The Bertz CT molecular complexity index is 908. The molecular formula is C27H37N3O. The molecule has 1 saturated carbocycles. The van der Waals surface area contributed by atoms with Gasteiger partial charge in [0.2, 0.25) is 0 Å². The van der Waals surface area contributed by atoms with Gasteiger partial charge in [0.25, 0.3) is 0 Å². The van der Waals surface area contributed by atoms with Crippen LogP contribution in [0.15, 0.2) is 53.7 Å². The van der Waals surface area contributed by atoms with E-state index < -0.39 is 0 Å². The van der Waals surface area contributed by atoms with Gasteiger partial charge in [0.05, 0.1) is 7.11 Å². The average molecular weight is 420 g/mol. The first kappa shape index (κ1) is 22.9. The molecule has 0 unspecified atom stereocenters. The fourth-order valence-electron chi connectivity index (χ4n) is 4.37. The zero-order valence-electron chi connectivity index (χ0n) is 19.4. The Morgan fingerprint density at radius 3 is 2.58 bits per heavy atom. The Balaban J connectivity index is 1.53. The molecule has 3 N–H and O–H groups in total. The van der Waals surface area contributed by atoms with Crippen LogP contribution in [-0.2, 0) is 0 Å². The number of nitrogens with two attached hydrogens (primary N) is 1. The topological polar surface area (TPSA) is 59.6 Å². The van der Waals surface area contributed by atoms with Crippen molar-refractivity contribution in [3.63, 3.8) is 0 Å². The van der Waals surface area contributed by atoms with Gasteiger partial charge in [-0.2, -0.15) is 0 Å². The lowest BCUT2D eigenvalue weighted by Crippen LogP contribution is -2.20. The van der Waals surface area contributed by atoms with E-state index >= 15 is 0 Å². The van der Waals surface area contributed by atoms with Crippen molar-refractivity contribution < 1.29 is 4.74 Å². The molecule has 2 aromatic carbocycles. The highest BCUT2D eigenvalue weighted by Gasteiger charge is 2.22. The van der Waals surface area contributed by atoms with Gasteiger partial charge in [0.15, 0.2) is 0 Å². The van der Waals surface area contributed by atoms with Gasteiger partial charge < -0.3 is 15.8 Å². The summed E-state index contributed by atoms with van der Waals surface area (Å²) >= 11 is 0. The highest BCUT2D eigenvalue weighted by atomic mass is 16.5. The Kier molecular flexibility index (Phi) is 8.16. The van der Waals surface area contributed by atoms with Crippen molar-refractivity contribution in [3.8, 4) is 5.75 Å². The van der Waals surface area contributed by atoms with Gasteiger partial charge in [-0.25, -0.2) is 0 Å². The van der Waals surface area contributed by atoms with E-state index in [0.29, 0.717) is 11.8 Å². The summed E-state index contributed by atoms with van der Waals surface area (Å²) in [5.74, 6) is 2.36. The van der Waals surface area contributed by atoms with E-state index in [1.807, 2.05) is 6.21 Å². The Hall–Kier alpha value is -2.75. The molecule has 0 radical (unpaired) electrons. The zero-order valence-corrected chi connectivity index (χ0v) is 19.4. The molecule has 0 amide bonds. The number of rotatable bonds is 8. The molecule has 4 heteroatoms. The first-order valence-corrected chi connectivity index (χ1v) is 11.4. The molecule has 3 rings (SSSR count). The third-order valence-electron chi connectivity index (χ3n) is 6.22. The molecule has 1 aliphatic carbocycles. The molecule has 0 aliphatic heterocycles. The number of aryl methyl sites for hydroxylation is 1. The van der Waals surface area contributed by atoms with Crippen LogP contribution in [0.5, 0.6) is 5.75 Å². The second kappa shape index (κ2) is 11.0. The van der Waals surface area contributed by atoms with Crippen molar-refractivity contribution >= 4 is 17.5 Å². The monoisotopic (exact) mass is 419 g/mol. The van der Waals surface area contributed by atoms with Gasteiger partial charge in [-0.15, -0.1) is 0 Å². The second-order valence-electron chi connectivity index (χ2n) is 8.90. The minimum Gasteiger partial charge on any atom is -0.496 e. The van der Waals surface area contributed by atoms with E-state index in [4.69, 9.17) is 10.5 Å². The first-order chi connectivity index (χ1) is 15.0. The van der Waals surface area contributed by atoms with Crippen molar-refractivity contribution in [1.82, 2.24) is 0 Å². The van der Waals surface area contributed by atoms with Crippen LogP contribution in [0.2, 0.25) is 0 Å². The fraction of sp³-hybridized carbons (Fsp3) is 0.444. The van der Waals surface area contributed by atoms with Crippen molar-refractivity contribution in [1.29, 1.82) is 0 Å². The standard InChI is InChI=1S/C27H37N3O/c1-19(2)29-18-25(16-28)23-6-5-7-26(15-23)30-17-21-8-10-22(11-9-21)24-12-13-27(31-4)20(3)14-24/h5-7,12-16,18-19,21-22,30H,8-11,17,28H2,1-4H3. The van der Waals surface area contributed by atoms with Crippen LogP contribution in [0.3, 0.4) is 0 Å². The molecule has 1 aliphatic rings. The number of hydrogen-bond donors (Lipinski definition) is 2. The molecule has 4 nitrogen and oxygen atoms in total. The number of nitrogens with one attached hydrogen (secondary N) is 1. The van der Waals surface area contributed by atoms with Gasteiger partial charge in [-0.05, 0) is 93.2 Å². The largest absolute Gasteiger partial charge is 0.496 e. The lowest BCUT2D eigenvalue weighted by molar-refractivity contribution is 0.338. The van der Waals surface area contributed by atoms with Crippen molar-refractivity contribution in [2.75, 3.05) is 19.0 Å². The number of benzene rings is 2. The average Bonchev–Trinajstić information content (AvgIpc) is 2.78. The molecular weight excluding hydrogens is 382 g/mol. The number of ether oxygens (including phenoxy) is 1. The smallest absolute Gasteiger partial charge is 0.121 e. The lowest BCUT2D eigenvalue weighted by Gasteiger charge is -2.29. The molecule has 31 heavy (non-hydrogen) atoms. The van der Waals surface area contributed by atoms with Gasteiger partial charge in [0, 0.05) is 36.3 Å². The van der Waals surface area contributed by atoms with Gasteiger partial charge in [-0.1, -0.05) is 24.3 Å². The summed E-state index contributed by atoms with van der Waals surface area (Å²) in [4.78, 5) is 4.47. The van der Waals surface area contributed by atoms with Crippen LogP contribution in [0.4, 0.5) is 5.69 Å². The van der Waals surface area contributed by atoms with Crippen molar-refractivity contribution in [3.05, 3.63) is 65.4 Å². The zero-order chi connectivity index (χ0) is 22.2. The van der Waals surface area contributed by atoms with E-state index in [1.54, 1.807) is 13.3 Å². The third kappa shape index (κ3) is 6.36. The molecule has 0 bridgehead atoms. The van der Waals surface area contributed by atoms with E-state index in [1.165, 1.54) is 36.8 Å². The maximum atomic E-state index is 5.84. The summed E-state index contributed by atoms with van der Waals surface area (Å²) in [6.45, 7) is 7.27. The SMILES string of the molecule is COc1ccc(C2CCC(CNc3cccc(C(C=NC(C)C)=CN)c3)CC2)cc1C. The van der Waals surface area contributed by atoms with Gasteiger partial charge >= 0.3 is 0 Å². The van der Waals surface area contributed by atoms with Crippen LogP contribution in [0.1, 0.15) is 62.1 Å². The number of nitrogens with zero attached hydrogens (tertiary/aromatic N) is 1. The van der Waals surface area contributed by atoms with E-state index in [2.05, 4.69) is 73.5 Å². The third-order valence-corrected chi connectivity index (χ3v) is 6.22. The molecule has 0 atom stereocenters. The number of methoxy groups -OCH3 is 1. The predicted octanol–water partition coefficient (Wildman–Crippen LogP) is 6.17. The molecule has 0 spiro atoms. The quantitative estimate of drug-likeness (QED) is 0.503. The molecule has 1 fully saturated rings. The van der Waals surface area contributed by atoms with Crippen LogP contribution in [0.25, 0.3) is 5.57 Å². The number of hydrogen-bond acceptors (Lipinski definition) is 4. The maximum Gasteiger partial charge on any atom is 0.121 e. The molecule has 0 heterocycles. The summed E-state index contributed by atoms with van der Waals surface area (Å²) in [6.07, 6.45) is 8.53. The van der Waals surface area contributed by atoms with Crippen LogP contribution >= 0.6 is 0 Å². The minimum absolute atomic E-state index is 0.258. The van der Waals surface area contributed by atoms with Gasteiger partial charge in [-0.3, -0.25) is 4.99 Å². The Morgan fingerprint density at radius 2 is 1.94 bits per heavy atom. The van der Waals surface area contributed by atoms with Crippen molar-refractivity contribution in [2.24, 2.45) is 16.6 Å². The number of allylic oxidation sites excluding steroid dienone is 1. The van der Waals surface area contributed by atoms with Crippen LogP contribution < -0.4 is 15.8 Å². The van der Waals surface area contributed by atoms with E-state index in [9.17, 15) is 0 Å².